The monoisotopic (exact) mass is 255 g/mol. The van der Waals surface area contributed by atoms with Crippen LogP contribution in [0.25, 0.3) is 0 Å². The molecular weight excluding hydrogens is 226 g/mol. The van der Waals surface area contributed by atoms with Crippen molar-refractivity contribution in [3.05, 3.63) is 0 Å². The van der Waals surface area contributed by atoms with E-state index in [4.69, 9.17) is 0 Å². The molecule has 0 aliphatic carbocycles. The van der Waals surface area contributed by atoms with Crippen molar-refractivity contribution in [1.29, 1.82) is 0 Å². The predicted octanol–water partition coefficient (Wildman–Crippen LogP) is 2.20. The van der Waals surface area contributed by atoms with E-state index in [1.165, 1.54) is 6.42 Å². The van der Waals surface area contributed by atoms with Crippen LogP contribution >= 0.6 is 0 Å². The summed E-state index contributed by atoms with van der Waals surface area (Å²) in [6, 6.07) is 0.259. The van der Waals surface area contributed by atoms with Gasteiger partial charge in [-0.3, -0.25) is 0 Å². The number of nitrogens with one attached hydrogen (secondary N) is 2. The van der Waals surface area contributed by atoms with Gasteiger partial charge in [0.15, 0.2) is 0 Å². The molecule has 4 heteroatoms. The molecule has 1 fully saturated rings. The number of carbonyl (C=O) groups is 1. The van der Waals surface area contributed by atoms with Crippen molar-refractivity contribution in [2.45, 2.75) is 59.0 Å². The van der Waals surface area contributed by atoms with E-state index >= 15 is 0 Å². The second-order valence-electron chi connectivity index (χ2n) is 6.61. The van der Waals surface area contributed by atoms with Crippen molar-refractivity contribution in [2.75, 3.05) is 19.6 Å². The van der Waals surface area contributed by atoms with E-state index in [1.807, 2.05) is 20.8 Å². The average Bonchev–Trinajstić information content (AvgIpc) is 2.62. The Morgan fingerprint density at radius 3 is 2.67 bits per heavy atom. The van der Waals surface area contributed by atoms with Gasteiger partial charge in [0.05, 0.1) is 0 Å². The number of urea groups is 1. The van der Waals surface area contributed by atoms with Crippen LogP contribution in [0.3, 0.4) is 0 Å². The van der Waals surface area contributed by atoms with E-state index < -0.39 is 0 Å². The van der Waals surface area contributed by atoms with E-state index in [1.54, 1.807) is 0 Å². The van der Waals surface area contributed by atoms with E-state index in [0.29, 0.717) is 6.04 Å². The van der Waals surface area contributed by atoms with Crippen LogP contribution in [0.5, 0.6) is 0 Å². The molecule has 1 rings (SSSR count). The first kappa shape index (κ1) is 15.3. The summed E-state index contributed by atoms with van der Waals surface area (Å²) in [5.41, 5.74) is -0.168. The van der Waals surface area contributed by atoms with Crippen LogP contribution in [-0.4, -0.2) is 42.1 Å². The zero-order valence-electron chi connectivity index (χ0n) is 12.5. The third kappa shape index (κ3) is 5.71. The summed E-state index contributed by atoms with van der Waals surface area (Å²) in [6.45, 7) is 13.7. The quantitative estimate of drug-likeness (QED) is 0.809. The second-order valence-corrected chi connectivity index (χ2v) is 6.61. The molecule has 2 atom stereocenters. The van der Waals surface area contributed by atoms with Crippen LogP contribution in [0.15, 0.2) is 0 Å². The fraction of sp³-hybridized carbons (Fsp3) is 0.929. The SMILES string of the molecule is CC[C@H](C)CN1CC[C@@H](NC(=O)NC(C)(C)C)C1. The second kappa shape index (κ2) is 6.41. The van der Waals surface area contributed by atoms with Crippen LogP contribution in [0.2, 0.25) is 0 Å². The summed E-state index contributed by atoms with van der Waals surface area (Å²) in [5, 5.41) is 6.01. The normalized spacial score (nSPS) is 22.8. The van der Waals surface area contributed by atoms with Crippen LogP contribution in [0.1, 0.15) is 47.5 Å². The lowest BCUT2D eigenvalue weighted by molar-refractivity contribution is 0.226. The molecular formula is C14H29N3O. The van der Waals surface area contributed by atoms with Crippen LogP contribution in [0.4, 0.5) is 4.79 Å². The molecule has 2 amide bonds. The van der Waals surface area contributed by atoms with E-state index in [2.05, 4.69) is 29.4 Å². The summed E-state index contributed by atoms with van der Waals surface area (Å²) >= 11 is 0. The van der Waals surface area contributed by atoms with Crippen LogP contribution < -0.4 is 10.6 Å². The Hall–Kier alpha value is -0.770. The van der Waals surface area contributed by atoms with E-state index in [0.717, 1.165) is 32.0 Å². The summed E-state index contributed by atoms with van der Waals surface area (Å²) in [5.74, 6) is 0.743. The number of nitrogens with zero attached hydrogens (tertiary/aromatic N) is 1. The smallest absolute Gasteiger partial charge is 0.315 e. The minimum absolute atomic E-state index is 0.0436. The highest BCUT2D eigenvalue weighted by molar-refractivity contribution is 5.75. The Balaban J connectivity index is 2.28. The summed E-state index contributed by atoms with van der Waals surface area (Å²) in [7, 11) is 0. The Labute approximate surface area is 111 Å². The van der Waals surface area contributed by atoms with Gasteiger partial charge in [0, 0.05) is 31.2 Å². The number of amides is 2. The van der Waals surface area contributed by atoms with Gasteiger partial charge in [-0.1, -0.05) is 20.3 Å². The summed E-state index contributed by atoms with van der Waals surface area (Å²) < 4.78 is 0. The minimum Gasteiger partial charge on any atom is -0.334 e. The number of rotatable bonds is 4. The largest absolute Gasteiger partial charge is 0.334 e. The molecule has 0 aromatic carbocycles. The van der Waals surface area contributed by atoms with E-state index in [-0.39, 0.29) is 11.6 Å². The number of likely N-dealkylation sites (tertiary alicyclic amines) is 1. The fourth-order valence-electron chi connectivity index (χ4n) is 2.25. The molecule has 1 heterocycles. The van der Waals surface area contributed by atoms with Gasteiger partial charge < -0.3 is 15.5 Å². The molecule has 0 spiro atoms. The molecule has 1 saturated heterocycles. The maximum Gasteiger partial charge on any atom is 0.315 e. The Kier molecular flexibility index (Phi) is 5.45. The van der Waals surface area contributed by atoms with Gasteiger partial charge in [-0.15, -0.1) is 0 Å². The molecule has 106 valence electrons. The van der Waals surface area contributed by atoms with Gasteiger partial charge in [0.1, 0.15) is 0 Å². The van der Waals surface area contributed by atoms with Crippen molar-refractivity contribution in [2.24, 2.45) is 5.92 Å². The highest BCUT2D eigenvalue weighted by atomic mass is 16.2. The van der Waals surface area contributed by atoms with Gasteiger partial charge in [-0.05, 0) is 33.1 Å². The zero-order valence-corrected chi connectivity index (χ0v) is 12.5. The van der Waals surface area contributed by atoms with Crippen molar-refractivity contribution < 1.29 is 4.79 Å². The fourth-order valence-corrected chi connectivity index (χ4v) is 2.25. The molecule has 0 aromatic heterocycles. The first-order valence-corrected chi connectivity index (χ1v) is 7.11. The maximum absolute atomic E-state index is 11.8. The molecule has 4 nitrogen and oxygen atoms in total. The molecule has 1 aliphatic rings. The molecule has 0 aromatic rings. The third-order valence-electron chi connectivity index (χ3n) is 3.36. The summed E-state index contributed by atoms with van der Waals surface area (Å²) in [6.07, 6.45) is 2.28. The molecule has 18 heavy (non-hydrogen) atoms. The Morgan fingerprint density at radius 2 is 2.11 bits per heavy atom. The summed E-state index contributed by atoms with van der Waals surface area (Å²) in [4.78, 5) is 14.2. The van der Waals surface area contributed by atoms with Crippen LogP contribution in [0, 0.1) is 5.92 Å². The van der Waals surface area contributed by atoms with Gasteiger partial charge in [-0.25, -0.2) is 4.79 Å². The highest BCUT2D eigenvalue weighted by Gasteiger charge is 2.25. The Morgan fingerprint density at radius 1 is 1.44 bits per heavy atom. The number of carbonyl (C=O) groups excluding carboxylic acids is 1. The van der Waals surface area contributed by atoms with E-state index in [9.17, 15) is 4.79 Å². The first-order chi connectivity index (χ1) is 8.30. The van der Waals surface area contributed by atoms with Crippen LogP contribution in [-0.2, 0) is 0 Å². The number of hydrogen-bond donors (Lipinski definition) is 2. The Bertz CT molecular complexity index is 273. The lowest BCUT2D eigenvalue weighted by Gasteiger charge is -2.23. The van der Waals surface area contributed by atoms with Gasteiger partial charge >= 0.3 is 6.03 Å². The maximum atomic E-state index is 11.8. The first-order valence-electron chi connectivity index (χ1n) is 7.11. The molecule has 0 saturated carbocycles. The zero-order chi connectivity index (χ0) is 13.8. The molecule has 0 bridgehead atoms. The molecule has 2 N–H and O–H groups in total. The lowest BCUT2D eigenvalue weighted by Crippen LogP contribution is -2.50. The van der Waals surface area contributed by atoms with Crippen molar-refractivity contribution >= 4 is 6.03 Å². The van der Waals surface area contributed by atoms with Crippen molar-refractivity contribution in [3.8, 4) is 0 Å². The van der Waals surface area contributed by atoms with Gasteiger partial charge in [0.25, 0.3) is 0 Å². The molecule has 0 unspecified atom stereocenters. The van der Waals surface area contributed by atoms with Crippen molar-refractivity contribution in [3.63, 3.8) is 0 Å². The van der Waals surface area contributed by atoms with Gasteiger partial charge in [0.2, 0.25) is 0 Å². The topological polar surface area (TPSA) is 44.4 Å². The van der Waals surface area contributed by atoms with Gasteiger partial charge in [-0.2, -0.15) is 0 Å². The number of hydrogen-bond acceptors (Lipinski definition) is 2. The van der Waals surface area contributed by atoms with Crippen molar-refractivity contribution in [1.82, 2.24) is 15.5 Å². The standard InChI is InChI=1S/C14H29N3O/c1-6-11(2)9-17-8-7-12(10-17)15-13(18)16-14(3,4)5/h11-12H,6-10H2,1-5H3,(H2,15,16,18)/t11-,12+/m0/s1. The molecule has 1 aliphatic heterocycles. The average molecular weight is 255 g/mol. The highest BCUT2D eigenvalue weighted by Crippen LogP contribution is 2.13. The third-order valence-corrected chi connectivity index (χ3v) is 3.36. The predicted molar refractivity (Wildman–Crippen MR) is 75.7 cm³/mol. The molecule has 0 radical (unpaired) electrons. The lowest BCUT2D eigenvalue weighted by atomic mass is 10.1. The minimum atomic E-state index is -0.168.